The Bertz CT molecular complexity index is 403. The Morgan fingerprint density at radius 1 is 1.56 bits per heavy atom. The summed E-state index contributed by atoms with van der Waals surface area (Å²) in [5, 5.41) is 3.44. The SMILES string of the molecule is CN1CCOC(CNCc2ccc(Cl)c(F)c2)C1. The molecule has 1 atom stereocenters. The lowest BCUT2D eigenvalue weighted by Gasteiger charge is -2.30. The van der Waals surface area contributed by atoms with Gasteiger partial charge in [0.05, 0.1) is 17.7 Å². The van der Waals surface area contributed by atoms with Crippen LogP contribution in [0.15, 0.2) is 18.2 Å². The Morgan fingerprint density at radius 3 is 3.11 bits per heavy atom. The summed E-state index contributed by atoms with van der Waals surface area (Å²) in [5.74, 6) is -0.371. The molecular formula is C13H18ClFN2O. The summed E-state index contributed by atoms with van der Waals surface area (Å²) in [6, 6.07) is 4.87. The number of likely N-dealkylation sites (N-methyl/N-ethyl adjacent to an activating group) is 1. The fourth-order valence-corrected chi connectivity index (χ4v) is 2.13. The van der Waals surface area contributed by atoms with E-state index >= 15 is 0 Å². The van der Waals surface area contributed by atoms with E-state index < -0.39 is 0 Å². The van der Waals surface area contributed by atoms with Gasteiger partial charge in [0.1, 0.15) is 5.82 Å². The summed E-state index contributed by atoms with van der Waals surface area (Å²) in [4.78, 5) is 2.25. The highest BCUT2D eigenvalue weighted by molar-refractivity contribution is 6.30. The number of nitrogens with zero attached hydrogens (tertiary/aromatic N) is 1. The zero-order valence-corrected chi connectivity index (χ0v) is 11.2. The molecule has 1 aliphatic rings. The summed E-state index contributed by atoms with van der Waals surface area (Å²) in [6.07, 6.45) is 0.209. The van der Waals surface area contributed by atoms with Crippen molar-refractivity contribution in [2.24, 2.45) is 0 Å². The number of hydrogen-bond donors (Lipinski definition) is 1. The van der Waals surface area contributed by atoms with Gasteiger partial charge in [0, 0.05) is 26.2 Å². The van der Waals surface area contributed by atoms with E-state index in [0.717, 1.165) is 31.8 Å². The first-order chi connectivity index (χ1) is 8.65. The van der Waals surface area contributed by atoms with E-state index in [-0.39, 0.29) is 16.9 Å². The molecule has 1 fully saturated rings. The molecular weight excluding hydrogens is 255 g/mol. The van der Waals surface area contributed by atoms with E-state index in [1.165, 1.54) is 6.07 Å². The van der Waals surface area contributed by atoms with Gasteiger partial charge in [-0.2, -0.15) is 0 Å². The van der Waals surface area contributed by atoms with E-state index in [1.54, 1.807) is 6.07 Å². The number of benzene rings is 1. The largest absolute Gasteiger partial charge is 0.374 e. The van der Waals surface area contributed by atoms with Gasteiger partial charge in [-0.3, -0.25) is 0 Å². The van der Waals surface area contributed by atoms with Crippen molar-refractivity contribution < 1.29 is 9.13 Å². The standard InChI is InChI=1S/C13H18ClFN2O/c1-17-4-5-18-11(9-17)8-16-7-10-2-3-12(14)13(15)6-10/h2-3,6,11,16H,4-5,7-9H2,1H3. The minimum atomic E-state index is -0.371. The molecule has 1 aromatic carbocycles. The van der Waals surface area contributed by atoms with Gasteiger partial charge in [0.25, 0.3) is 0 Å². The maximum atomic E-state index is 13.2. The first kappa shape index (κ1) is 13.7. The van der Waals surface area contributed by atoms with Crippen molar-refractivity contribution in [3.8, 4) is 0 Å². The van der Waals surface area contributed by atoms with E-state index in [1.807, 2.05) is 6.07 Å². The van der Waals surface area contributed by atoms with E-state index in [4.69, 9.17) is 16.3 Å². The lowest BCUT2D eigenvalue weighted by atomic mass is 10.2. The van der Waals surface area contributed by atoms with Crippen LogP contribution in [0.4, 0.5) is 4.39 Å². The van der Waals surface area contributed by atoms with Gasteiger partial charge < -0.3 is 15.0 Å². The summed E-state index contributed by atoms with van der Waals surface area (Å²) >= 11 is 5.63. The first-order valence-electron chi connectivity index (χ1n) is 6.10. The van der Waals surface area contributed by atoms with Crippen molar-refractivity contribution in [1.82, 2.24) is 10.2 Å². The number of halogens is 2. The van der Waals surface area contributed by atoms with Crippen molar-refractivity contribution in [1.29, 1.82) is 0 Å². The monoisotopic (exact) mass is 272 g/mol. The summed E-state index contributed by atoms with van der Waals surface area (Å²) in [7, 11) is 2.09. The Morgan fingerprint density at radius 2 is 2.39 bits per heavy atom. The molecule has 1 N–H and O–H groups in total. The van der Waals surface area contributed by atoms with Gasteiger partial charge in [0.15, 0.2) is 0 Å². The fourth-order valence-electron chi connectivity index (χ4n) is 2.02. The molecule has 0 aliphatic carbocycles. The van der Waals surface area contributed by atoms with Crippen LogP contribution in [-0.4, -0.2) is 44.3 Å². The number of ether oxygens (including phenoxy) is 1. The Balaban J connectivity index is 1.76. The van der Waals surface area contributed by atoms with E-state index in [2.05, 4.69) is 17.3 Å². The molecule has 0 spiro atoms. The van der Waals surface area contributed by atoms with Crippen molar-refractivity contribution in [3.63, 3.8) is 0 Å². The molecule has 2 rings (SSSR count). The van der Waals surface area contributed by atoms with Crippen molar-refractivity contribution in [2.45, 2.75) is 12.6 Å². The highest BCUT2D eigenvalue weighted by atomic mass is 35.5. The molecule has 5 heteroatoms. The first-order valence-corrected chi connectivity index (χ1v) is 6.48. The number of hydrogen-bond acceptors (Lipinski definition) is 3. The van der Waals surface area contributed by atoms with Gasteiger partial charge in [-0.1, -0.05) is 17.7 Å². The van der Waals surface area contributed by atoms with Crippen LogP contribution in [0, 0.1) is 5.82 Å². The van der Waals surface area contributed by atoms with Crippen LogP contribution in [0.2, 0.25) is 5.02 Å². The highest BCUT2D eigenvalue weighted by Gasteiger charge is 2.16. The molecule has 0 saturated carbocycles. The Kier molecular flexibility index (Phi) is 4.95. The molecule has 1 unspecified atom stereocenters. The average molecular weight is 273 g/mol. The second kappa shape index (κ2) is 6.48. The Hall–Kier alpha value is -0.680. The van der Waals surface area contributed by atoms with Crippen LogP contribution in [-0.2, 0) is 11.3 Å². The molecule has 0 radical (unpaired) electrons. The molecule has 18 heavy (non-hydrogen) atoms. The van der Waals surface area contributed by atoms with Crippen LogP contribution in [0.25, 0.3) is 0 Å². The summed E-state index contributed by atoms with van der Waals surface area (Å²) in [5.41, 5.74) is 0.890. The third kappa shape index (κ3) is 3.92. The molecule has 0 bridgehead atoms. The predicted molar refractivity (Wildman–Crippen MR) is 70.4 cm³/mol. The average Bonchev–Trinajstić information content (AvgIpc) is 2.34. The minimum Gasteiger partial charge on any atom is -0.374 e. The lowest BCUT2D eigenvalue weighted by molar-refractivity contribution is -0.0182. The smallest absolute Gasteiger partial charge is 0.142 e. The van der Waals surface area contributed by atoms with Crippen molar-refractivity contribution in [3.05, 3.63) is 34.6 Å². The van der Waals surface area contributed by atoms with E-state index in [9.17, 15) is 4.39 Å². The predicted octanol–water partition coefficient (Wildman–Crippen LogP) is 1.90. The highest BCUT2D eigenvalue weighted by Crippen LogP contribution is 2.15. The molecule has 100 valence electrons. The summed E-state index contributed by atoms with van der Waals surface area (Å²) < 4.78 is 18.9. The third-order valence-corrected chi connectivity index (χ3v) is 3.33. The maximum Gasteiger partial charge on any atom is 0.142 e. The molecule has 0 amide bonds. The number of rotatable bonds is 4. The molecule has 1 aromatic rings. The number of morpholine rings is 1. The van der Waals surface area contributed by atoms with Crippen LogP contribution in [0.3, 0.4) is 0 Å². The molecule has 1 heterocycles. The van der Waals surface area contributed by atoms with Crippen molar-refractivity contribution in [2.75, 3.05) is 33.3 Å². The van der Waals surface area contributed by atoms with Crippen LogP contribution in [0.5, 0.6) is 0 Å². The van der Waals surface area contributed by atoms with Crippen LogP contribution in [0.1, 0.15) is 5.56 Å². The lowest BCUT2D eigenvalue weighted by Crippen LogP contribution is -2.44. The van der Waals surface area contributed by atoms with E-state index in [0.29, 0.717) is 6.54 Å². The molecule has 1 saturated heterocycles. The zero-order valence-electron chi connectivity index (χ0n) is 10.5. The van der Waals surface area contributed by atoms with Gasteiger partial charge in [-0.05, 0) is 24.7 Å². The zero-order chi connectivity index (χ0) is 13.0. The maximum absolute atomic E-state index is 13.2. The van der Waals surface area contributed by atoms with Gasteiger partial charge >= 0.3 is 0 Å². The molecule has 1 aliphatic heterocycles. The van der Waals surface area contributed by atoms with Crippen LogP contribution >= 0.6 is 11.6 Å². The minimum absolute atomic E-state index is 0.163. The summed E-state index contributed by atoms with van der Waals surface area (Å²) in [6.45, 7) is 4.09. The van der Waals surface area contributed by atoms with Gasteiger partial charge in [0.2, 0.25) is 0 Å². The van der Waals surface area contributed by atoms with Gasteiger partial charge in [-0.25, -0.2) is 4.39 Å². The Labute approximate surface area is 112 Å². The van der Waals surface area contributed by atoms with Crippen LogP contribution < -0.4 is 5.32 Å². The number of nitrogens with one attached hydrogen (secondary N) is 1. The molecule has 0 aromatic heterocycles. The normalized spacial score (nSPS) is 21.2. The van der Waals surface area contributed by atoms with Crippen molar-refractivity contribution >= 4 is 11.6 Å². The quantitative estimate of drug-likeness (QED) is 0.906. The van der Waals surface area contributed by atoms with Gasteiger partial charge in [-0.15, -0.1) is 0 Å². The fraction of sp³-hybridized carbons (Fsp3) is 0.538. The third-order valence-electron chi connectivity index (χ3n) is 3.03. The molecule has 3 nitrogen and oxygen atoms in total. The topological polar surface area (TPSA) is 24.5 Å². The second-order valence-electron chi connectivity index (χ2n) is 4.63. The second-order valence-corrected chi connectivity index (χ2v) is 5.04.